The fraction of sp³-hybridized carbons (Fsp3) is 1.00. The van der Waals surface area contributed by atoms with Crippen LogP contribution in [0.25, 0.3) is 0 Å². The van der Waals surface area contributed by atoms with E-state index in [2.05, 4.69) is 37.9 Å². The second kappa shape index (κ2) is 6.55. The molecule has 0 aromatic heterocycles. The molecule has 3 atom stereocenters. The number of hydrogen-bond acceptors (Lipinski definition) is 3. The average Bonchev–Trinajstić information content (AvgIpc) is 2.89. The van der Waals surface area contributed by atoms with Gasteiger partial charge in [0.15, 0.2) is 0 Å². The Morgan fingerprint density at radius 1 is 1.42 bits per heavy atom. The monoisotopic (exact) mass is 268 g/mol. The van der Waals surface area contributed by atoms with Gasteiger partial charge in [-0.15, -0.1) is 0 Å². The van der Waals surface area contributed by atoms with Crippen LogP contribution in [-0.4, -0.2) is 49.3 Å². The van der Waals surface area contributed by atoms with Crippen LogP contribution in [0.5, 0.6) is 0 Å². The van der Waals surface area contributed by atoms with Gasteiger partial charge in [-0.05, 0) is 44.6 Å². The van der Waals surface area contributed by atoms with Crippen molar-refractivity contribution >= 4 is 0 Å². The van der Waals surface area contributed by atoms with E-state index in [1.807, 2.05) is 0 Å². The summed E-state index contributed by atoms with van der Waals surface area (Å²) in [5, 5.41) is 3.77. The summed E-state index contributed by atoms with van der Waals surface area (Å²) in [5.41, 5.74) is 0.303. The maximum atomic E-state index is 5.50. The molecule has 3 heteroatoms. The molecule has 0 spiro atoms. The second-order valence-electron chi connectivity index (χ2n) is 7.10. The van der Waals surface area contributed by atoms with E-state index in [1.165, 1.54) is 32.4 Å². The molecule has 0 bridgehead atoms. The minimum atomic E-state index is 0.303. The van der Waals surface area contributed by atoms with Gasteiger partial charge in [-0.1, -0.05) is 20.8 Å². The van der Waals surface area contributed by atoms with Gasteiger partial charge in [0.1, 0.15) is 0 Å². The van der Waals surface area contributed by atoms with E-state index in [0.29, 0.717) is 11.6 Å². The van der Waals surface area contributed by atoms with E-state index in [0.717, 1.165) is 31.6 Å². The molecule has 3 unspecified atom stereocenters. The zero-order chi connectivity index (χ0) is 13.9. The second-order valence-corrected chi connectivity index (χ2v) is 7.10. The smallest absolute Gasteiger partial charge is 0.0495 e. The Morgan fingerprint density at radius 3 is 2.79 bits per heavy atom. The topological polar surface area (TPSA) is 24.5 Å². The van der Waals surface area contributed by atoms with Gasteiger partial charge in [0.2, 0.25) is 0 Å². The number of ether oxygens (including phenoxy) is 1. The minimum absolute atomic E-state index is 0.303. The molecule has 2 rings (SSSR count). The predicted molar refractivity (Wildman–Crippen MR) is 80.4 cm³/mol. The van der Waals surface area contributed by atoms with Gasteiger partial charge in [0.25, 0.3) is 0 Å². The molecule has 2 fully saturated rings. The Labute approximate surface area is 119 Å². The van der Waals surface area contributed by atoms with E-state index in [9.17, 15) is 0 Å². The highest BCUT2D eigenvalue weighted by atomic mass is 16.5. The molecular formula is C16H32N2O. The lowest BCUT2D eigenvalue weighted by Gasteiger charge is -2.47. The van der Waals surface area contributed by atoms with Crippen molar-refractivity contribution in [3.8, 4) is 0 Å². The number of nitrogens with zero attached hydrogens (tertiary/aromatic N) is 1. The van der Waals surface area contributed by atoms with E-state index in [4.69, 9.17) is 4.74 Å². The Kier molecular flexibility index (Phi) is 5.27. The Hall–Kier alpha value is -0.120. The van der Waals surface area contributed by atoms with Gasteiger partial charge < -0.3 is 10.1 Å². The molecule has 3 nitrogen and oxygen atoms in total. The molecule has 0 aliphatic carbocycles. The van der Waals surface area contributed by atoms with Crippen molar-refractivity contribution < 1.29 is 4.74 Å². The molecule has 1 N–H and O–H groups in total. The zero-order valence-electron chi connectivity index (χ0n) is 13.2. The number of rotatable bonds is 5. The van der Waals surface area contributed by atoms with E-state index >= 15 is 0 Å². The number of hydrogen-bond donors (Lipinski definition) is 1. The molecule has 0 aromatic rings. The standard InChI is InChI=1S/C16H32N2O/c1-5-16(4)12-18(15(10-17-16)13(2)3)8-6-14-7-9-19-11-14/h13-15,17H,5-12H2,1-4H3. The number of piperazine rings is 1. The average molecular weight is 268 g/mol. The van der Waals surface area contributed by atoms with Crippen molar-refractivity contribution in [3.63, 3.8) is 0 Å². The van der Waals surface area contributed by atoms with Crippen molar-refractivity contribution in [3.05, 3.63) is 0 Å². The molecule has 0 amide bonds. The van der Waals surface area contributed by atoms with Crippen LogP contribution < -0.4 is 5.32 Å². The summed E-state index contributed by atoms with van der Waals surface area (Å²) in [6.07, 6.45) is 3.79. The van der Waals surface area contributed by atoms with Crippen LogP contribution >= 0.6 is 0 Å². The Balaban J connectivity index is 1.91. The molecule has 2 heterocycles. The van der Waals surface area contributed by atoms with Gasteiger partial charge >= 0.3 is 0 Å². The Morgan fingerprint density at radius 2 is 2.21 bits per heavy atom. The van der Waals surface area contributed by atoms with Crippen LogP contribution in [0.4, 0.5) is 0 Å². The van der Waals surface area contributed by atoms with Crippen LogP contribution in [0, 0.1) is 11.8 Å². The normalized spacial score (nSPS) is 37.1. The molecule has 0 aromatic carbocycles. The summed E-state index contributed by atoms with van der Waals surface area (Å²) in [5.74, 6) is 1.53. The van der Waals surface area contributed by atoms with Crippen molar-refractivity contribution in [1.82, 2.24) is 10.2 Å². The van der Waals surface area contributed by atoms with Gasteiger partial charge in [0, 0.05) is 37.9 Å². The van der Waals surface area contributed by atoms with Crippen LogP contribution in [-0.2, 0) is 4.74 Å². The van der Waals surface area contributed by atoms with Crippen molar-refractivity contribution in [2.45, 2.75) is 58.5 Å². The van der Waals surface area contributed by atoms with Crippen molar-refractivity contribution in [2.75, 3.05) is 32.8 Å². The zero-order valence-corrected chi connectivity index (χ0v) is 13.2. The van der Waals surface area contributed by atoms with Gasteiger partial charge in [-0.3, -0.25) is 4.90 Å². The summed E-state index contributed by atoms with van der Waals surface area (Å²) in [7, 11) is 0. The molecule has 0 radical (unpaired) electrons. The van der Waals surface area contributed by atoms with E-state index < -0.39 is 0 Å². The maximum absolute atomic E-state index is 5.50. The van der Waals surface area contributed by atoms with Crippen LogP contribution in [0.2, 0.25) is 0 Å². The fourth-order valence-electron chi connectivity index (χ4n) is 3.40. The maximum Gasteiger partial charge on any atom is 0.0495 e. The fourth-order valence-corrected chi connectivity index (χ4v) is 3.40. The molecule has 2 aliphatic heterocycles. The van der Waals surface area contributed by atoms with Gasteiger partial charge in [0.05, 0.1) is 0 Å². The van der Waals surface area contributed by atoms with Crippen LogP contribution in [0.3, 0.4) is 0 Å². The van der Waals surface area contributed by atoms with E-state index in [1.54, 1.807) is 0 Å². The summed E-state index contributed by atoms with van der Waals surface area (Å²) < 4.78 is 5.50. The molecule has 0 saturated carbocycles. The lowest BCUT2D eigenvalue weighted by Crippen LogP contribution is -2.64. The predicted octanol–water partition coefficient (Wildman–Crippen LogP) is 2.51. The van der Waals surface area contributed by atoms with Crippen LogP contribution in [0.15, 0.2) is 0 Å². The number of nitrogens with one attached hydrogen (secondary N) is 1. The molecule has 2 saturated heterocycles. The molecular weight excluding hydrogens is 236 g/mol. The quantitative estimate of drug-likeness (QED) is 0.829. The Bertz CT molecular complexity index is 276. The molecule has 19 heavy (non-hydrogen) atoms. The SMILES string of the molecule is CCC1(C)CN(CCC2CCOC2)C(C(C)C)CN1. The lowest BCUT2D eigenvalue weighted by atomic mass is 9.89. The largest absolute Gasteiger partial charge is 0.381 e. The first-order valence-corrected chi connectivity index (χ1v) is 8.11. The van der Waals surface area contributed by atoms with Gasteiger partial charge in [-0.25, -0.2) is 0 Å². The lowest BCUT2D eigenvalue weighted by molar-refractivity contribution is 0.0548. The highest BCUT2D eigenvalue weighted by Crippen LogP contribution is 2.25. The van der Waals surface area contributed by atoms with Crippen LogP contribution in [0.1, 0.15) is 47.0 Å². The first kappa shape index (κ1) is 15.3. The third-order valence-corrected chi connectivity index (χ3v) is 5.16. The minimum Gasteiger partial charge on any atom is -0.381 e. The summed E-state index contributed by atoms with van der Waals surface area (Å²) in [6.45, 7) is 14.9. The van der Waals surface area contributed by atoms with Crippen molar-refractivity contribution in [2.24, 2.45) is 11.8 Å². The van der Waals surface area contributed by atoms with Gasteiger partial charge in [-0.2, -0.15) is 0 Å². The molecule has 112 valence electrons. The highest BCUT2D eigenvalue weighted by Gasteiger charge is 2.35. The highest BCUT2D eigenvalue weighted by molar-refractivity contribution is 4.95. The third-order valence-electron chi connectivity index (χ3n) is 5.16. The first-order chi connectivity index (χ1) is 9.04. The first-order valence-electron chi connectivity index (χ1n) is 8.11. The summed E-state index contributed by atoms with van der Waals surface area (Å²) in [4.78, 5) is 2.74. The van der Waals surface area contributed by atoms with Crippen molar-refractivity contribution in [1.29, 1.82) is 0 Å². The summed E-state index contributed by atoms with van der Waals surface area (Å²) >= 11 is 0. The van der Waals surface area contributed by atoms with E-state index in [-0.39, 0.29) is 0 Å². The summed E-state index contributed by atoms with van der Waals surface area (Å²) in [6, 6.07) is 0.696. The third kappa shape index (κ3) is 3.93. The molecule has 2 aliphatic rings.